The largest absolute Gasteiger partial charge is 0.493 e. The Kier molecular flexibility index (Phi) is 5.31. The first-order chi connectivity index (χ1) is 10.1. The molecule has 5 nitrogen and oxygen atoms in total. The standard InChI is InChI=1S/C15H21ClN2O3/c1-10-5-4-8-18(13(10)9-19)15(20)17-12-7-3-6-11(16)14(12)21-2/h3,6-7,10,13,19H,4-5,8-9H2,1-2H3,(H,17,20)/t10-,13-/m1/s1. The number of anilines is 1. The number of benzene rings is 1. The number of urea groups is 1. The number of amides is 2. The van der Waals surface area contributed by atoms with E-state index in [0.717, 1.165) is 12.8 Å². The van der Waals surface area contributed by atoms with Crippen LogP contribution in [0.25, 0.3) is 0 Å². The molecule has 0 radical (unpaired) electrons. The first-order valence-electron chi connectivity index (χ1n) is 7.09. The van der Waals surface area contributed by atoms with Crippen LogP contribution in [0.5, 0.6) is 5.75 Å². The van der Waals surface area contributed by atoms with Gasteiger partial charge in [-0.1, -0.05) is 24.6 Å². The Morgan fingerprint density at radius 2 is 2.33 bits per heavy atom. The molecule has 21 heavy (non-hydrogen) atoms. The number of rotatable bonds is 3. The predicted molar refractivity (Wildman–Crippen MR) is 83.0 cm³/mol. The number of para-hydroxylation sites is 1. The molecule has 6 heteroatoms. The van der Waals surface area contributed by atoms with Crippen molar-refractivity contribution in [3.63, 3.8) is 0 Å². The van der Waals surface area contributed by atoms with Gasteiger partial charge in [0.15, 0.2) is 5.75 Å². The van der Waals surface area contributed by atoms with E-state index in [1.165, 1.54) is 7.11 Å². The van der Waals surface area contributed by atoms with Crippen molar-refractivity contribution < 1.29 is 14.6 Å². The van der Waals surface area contributed by atoms with E-state index in [2.05, 4.69) is 12.2 Å². The lowest BCUT2D eigenvalue weighted by Crippen LogP contribution is -2.51. The molecule has 0 bridgehead atoms. The quantitative estimate of drug-likeness (QED) is 0.902. The number of aliphatic hydroxyl groups is 1. The van der Waals surface area contributed by atoms with Crippen LogP contribution < -0.4 is 10.1 Å². The average molecular weight is 313 g/mol. The summed E-state index contributed by atoms with van der Waals surface area (Å²) in [6.07, 6.45) is 1.97. The van der Waals surface area contributed by atoms with Crippen molar-refractivity contribution in [3.05, 3.63) is 23.2 Å². The van der Waals surface area contributed by atoms with E-state index in [9.17, 15) is 9.90 Å². The second-order valence-corrected chi connectivity index (χ2v) is 5.72. The summed E-state index contributed by atoms with van der Waals surface area (Å²) in [6.45, 7) is 2.67. The van der Waals surface area contributed by atoms with Gasteiger partial charge in [-0.05, 0) is 30.9 Å². The predicted octanol–water partition coefficient (Wildman–Crippen LogP) is 2.97. The van der Waals surface area contributed by atoms with Crippen LogP contribution in [0.15, 0.2) is 18.2 Å². The number of carbonyl (C=O) groups excluding carboxylic acids is 1. The second kappa shape index (κ2) is 7.00. The Bertz CT molecular complexity index is 510. The van der Waals surface area contributed by atoms with Gasteiger partial charge >= 0.3 is 6.03 Å². The van der Waals surface area contributed by atoms with E-state index in [4.69, 9.17) is 16.3 Å². The summed E-state index contributed by atoms with van der Waals surface area (Å²) in [6, 6.07) is 4.81. The number of methoxy groups -OCH3 is 1. The van der Waals surface area contributed by atoms with Crippen LogP contribution in [0.2, 0.25) is 5.02 Å². The zero-order valence-corrected chi connectivity index (χ0v) is 13.1. The maximum Gasteiger partial charge on any atom is 0.322 e. The minimum absolute atomic E-state index is 0.0265. The molecular formula is C15H21ClN2O3. The van der Waals surface area contributed by atoms with Gasteiger partial charge in [-0.25, -0.2) is 4.79 Å². The highest BCUT2D eigenvalue weighted by Crippen LogP contribution is 2.33. The van der Waals surface area contributed by atoms with Crippen molar-refractivity contribution in [2.24, 2.45) is 5.92 Å². The van der Waals surface area contributed by atoms with E-state index in [0.29, 0.717) is 23.0 Å². The van der Waals surface area contributed by atoms with Gasteiger partial charge in [0.2, 0.25) is 0 Å². The molecular weight excluding hydrogens is 292 g/mol. The molecule has 1 fully saturated rings. The molecule has 1 aliphatic rings. The monoisotopic (exact) mass is 312 g/mol. The van der Waals surface area contributed by atoms with E-state index in [-0.39, 0.29) is 24.6 Å². The Balaban J connectivity index is 2.16. The molecule has 1 heterocycles. The first kappa shape index (κ1) is 15.9. The summed E-state index contributed by atoms with van der Waals surface area (Å²) in [5.41, 5.74) is 0.532. The second-order valence-electron chi connectivity index (χ2n) is 5.31. The van der Waals surface area contributed by atoms with Gasteiger partial charge < -0.3 is 20.1 Å². The summed E-state index contributed by atoms with van der Waals surface area (Å²) in [4.78, 5) is 14.2. The minimum Gasteiger partial charge on any atom is -0.493 e. The normalized spacial score (nSPS) is 22.0. The maximum atomic E-state index is 12.5. The fourth-order valence-corrected chi connectivity index (χ4v) is 3.03. The molecule has 2 amide bonds. The number of nitrogens with one attached hydrogen (secondary N) is 1. The molecule has 0 unspecified atom stereocenters. The van der Waals surface area contributed by atoms with Gasteiger partial charge in [0.25, 0.3) is 0 Å². The molecule has 1 saturated heterocycles. The number of ether oxygens (including phenoxy) is 1. The van der Waals surface area contributed by atoms with Gasteiger partial charge in [-0.15, -0.1) is 0 Å². The molecule has 0 aliphatic carbocycles. The Morgan fingerprint density at radius 1 is 1.57 bits per heavy atom. The lowest BCUT2D eigenvalue weighted by atomic mass is 9.91. The Morgan fingerprint density at radius 3 is 3.00 bits per heavy atom. The maximum absolute atomic E-state index is 12.5. The van der Waals surface area contributed by atoms with Crippen molar-refractivity contribution in [3.8, 4) is 5.75 Å². The van der Waals surface area contributed by atoms with Gasteiger partial charge in [0.05, 0.1) is 30.5 Å². The number of hydrogen-bond acceptors (Lipinski definition) is 3. The summed E-state index contributed by atoms with van der Waals surface area (Å²) in [5, 5.41) is 12.8. The van der Waals surface area contributed by atoms with Gasteiger partial charge in [0, 0.05) is 6.54 Å². The van der Waals surface area contributed by atoms with Crippen molar-refractivity contribution in [2.75, 3.05) is 25.6 Å². The van der Waals surface area contributed by atoms with Crippen LogP contribution in [0, 0.1) is 5.92 Å². The van der Waals surface area contributed by atoms with Crippen LogP contribution in [-0.2, 0) is 0 Å². The zero-order chi connectivity index (χ0) is 15.4. The highest BCUT2D eigenvalue weighted by molar-refractivity contribution is 6.32. The molecule has 0 spiro atoms. The van der Waals surface area contributed by atoms with E-state index >= 15 is 0 Å². The number of nitrogens with zero attached hydrogens (tertiary/aromatic N) is 1. The van der Waals surface area contributed by atoms with E-state index in [1.54, 1.807) is 23.1 Å². The number of piperidine rings is 1. The van der Waals surface area contributed by atoms with Crippen LogP contribution >= 0.6 is 11.6 Å². The lowest BCUT2D eigenvalue weighted by molar-refractivity contribution is 0.0811. The SMILES string of the molecule is COc1c(Cl)cccc1NC(=O)N1CCC[C@@H](C)[C@H]1CO. The lowest BCUT2D eigenvalue weighted by Gasteiger charge is -2.38. The van der Waals surface area contributed by atoms with Crippen molar-refractivity contribution in [2.45, 2.75) is 25.8 Å². The van der Waals surface area contributed by atoms with Gasteiger partial charge in [0.1, 0.15) is 0 Å². The van der Waals surface area contributed by atoms with Crippen molar-refractivity contribution in [1.29, 1.82) is 0 Å². The average Bonchev–Trinajstić information content (AvgIpc) is 2.47. The fraction of sp³-hybridized carbons (Fsp3) is 0.533. The number of halogens is 1. The minimum atomic E-state index is -0.235. The highest BCUT2D eigenvalue weighted by Gasteiger charge is 2.31. The number of likely N-dealkylation sites (tertiary alicyclic amines) is 1. The third kappa shape index (κ3) is 3.41. The molecule has 1 aliphatic heterocycles. The molecule has 0 saturated carbocycles. The Hall–Kier alpha value is -1.46. The van der Waals surface area contributed by atoms with Gasteiger partial charge in [-0.3, -0.25) is 0 Å². The highest BCUT2D eigenvalue weighted by atomic mass is 35.5. The molecule has 2 atom stereocenters. The van der Waals surface area contributed by atoms with Crippen LogP contribution in [0.3, 0.4) is 0 Å². The number of carbonyl (C=O) groups is 1. The number of aliphatic hydroxyl groups excluding tert-OH is 1. The summed E-state index contributed by atoms with van der Waals surface area (Å²) < 4.78 is 5.22. The molecule has 2 N–H and O–H groups in total. The summed E-state index contributed by atoms with van der Waals surface area (Å²) in [7, 11) is 1.51. The van der Waals surface area contributed by atoms with E-state index in [1.807, 2.05) is 0 Å². The fourth-order valence-electron chi connectivity index (χ4n) is 2.78. The smallest absolute Gasteiger partial charge is 0.322 e. The molecule has 0 aromatic heterocycles. The molecule has 1 aromatic rings. The number of hydrogen-bond donors (Lipinski definition) is 2. The molecule has 2 rings (SSSR count). The van der Waals surface area contributed by atoms with Crippen LogP contribution in [0.1, 0.15) is 19.8 Å². The zero-order valence-electron chi connectivity index (χ0n) is 12.3. The topological polar surface area (TPSA) is 61.8 Å². The third-order valence-corrected chi connectivity index (χ3v) is 4.27. The first-order valence-corrected chi connectivity index (χ1v) is 7.47. The third-order valence-electron chi connectivity index (χ3n) is 3.98. The van der Waals surface area contributed by atoms with Crippen LogP contribution in [0.4, 0.5) is 10.5 Å². The van der Waals surface area contributed by atoms with E-state index < -0.39 is 0 Å². The van der Waals surface area contributed by atoms with Crippen molar-refractivity contribution in [1.82, 2.24) is 4.90 Å². The molecule has 116 valence electrons. The van der Waals surface area contributed by atoms with Crippen molar-refractivity contribution >= 4 is 23.3 Å². The molecule has 1 aromatic carbocycles. The Labute approximate surface area is 129 Å². The van der Waals surface area contributed by atoms with Gasteiger partial charge in [-0.2, -0.15) is 0 Å². The summed E-state index contributed by atoms with van der Waals surface area (Å²) in [5.74, 6) is 0.730. The summed E-state index contributed by atoms with van der Waals surface area (Å²) >= 11 is 6.05. The van der Waals surface area contributed by atoms with Crippen LogP contribution in [-0.4, -0.2) is 42.3 Å².